The van der Waals surface area contributed by atoms with Gasteiger partial charge in [-0.15, -0.1) is 0 Å². The summed E-state index contributed by atoms with van der Waals surface area (Å²) in [4.78, 5) is 27.4. The molecule has 1 atom stereocenters. The Morgan fingerprint density at radius 2 is 2.00 bits per heavy atom. The standard InChI is InChI=1S/C17H21FN2O3/c1-12(21)20-7-2-6-17(23,11-20)16(22)19-8-5-13-3-4-15(18)9-14(13)10-19/h3-4,9,23H,2,5-8,10-11H2,1H3/t17-/m1/s1. The Kier molecular flexibility index (Phi) is 4.10. The zero-order chi connectivity index (χ0) is 16.6. The van der Waals surface area contributed by atoms with Crippen LogP contribution < -0.4 is 0 Å². The highest BCUT2D eigenvalue weighted by Crippen LogP contribution is 2.27. The van der Waals surface area contributed by atoms with Crippen LogP contribution in [-0.4, -0.2) is 52.0 Å². The molecule has 1 aromatic carbocycles. The minimum atomic E-state index is -1.53. The number of benzene rings is 1. The number of nitrogens with zero attached hydrogens (tertiary/aromatic N) is 2. The Labute approximate surface area is 134 Å². The van der Waals surface area contributed by atoms with Crippen LogP contribution in [0.1, 0.15) is 30.9 Å². The van der Waals surface area contributed by atoms with E-state index in [-0.39, 0.29) is 24.2 Å². The highest BCUT2D eigenvalue weighted by Gasteiger charge is 2.43. The number of amides is 2. The molecule has 1 saturated heterocycles. The molecule has 1 aromatic rings. The number of piperidine rings is 1. The second-order valence-corrected chi connectivity index (χ2v) is 6.47. The SMILES string of the molecule is CC(=O)N1CCC[C@](O)(C(=O)N2CCc3ccc(F)cc3C2)C1. The van der Waals surface area contributed by atoms with Crippen molar-refractivity contribution < 1.29 is 19.1 Å². The van der Waals surface area contributed by atoms with Crippen molar-refractivity contribution in [2.75, 3.05) is 19.6 Å². The summed E-state index contributed by atoms with van der Waals surface area (Å²) >= 11 is 0. The summed E-state index contributed by atoms with van der Waals surface area (Å²) in [5.41, 5.74) is 0.290. The number of carbonyl (C=O) groups is 2. The van der Waals surface area contributed by atoms with Crippen molar-refractivity contribution in [3.8, 4) is 0 Å². The van der Waals surface area contributed by atoms with Crippen molar-refractivity contribution in [1.82, 2.24) is 9.80 Å². The van der Waals surface area contributed by atoms with Gasteiger partial charge in [0.15, 0.2) is 5.60 Å². The highest BCUT2D eigenvalue weighted by atomic mass is 19.1. The van der Waals surface area contributed by atoms with Crippen LogP contribution in [0.4, 0.5) is 4.39 Å². The molecule has 0 bridgehead atoms. The fourth-order valence-electron chi connectivity index (χ4n) is 3.47. The number of aliphatic hydroxyl groups is 1. The Morgan fingerprint density at radius 1 is 1.22 bits per heavy atom. The first kappa shape index (κ1) is 15.9. The van der Waals surface area contributed by atoms with E-state index in [1.807, 2.05) is 0 Å². The molecule has 0 unspecified atom stereocenters. The smallest absolute Gasteiger partial charge is 0.256 e. The van der Waals surface area contributed by atoms with Gasteiger partial charge in [0.2, 0.25) is 5.91 Å². The summed E-state index contributed by atoms with van der Waals surface area (Å²) in [7, 11) is 0. The first-order valence-corrected chi connectivity index (χ1v) is 7.94. The van der Waals surface area contributed by atoms with E-state index in [0.29, 0.717) is 38.9 Å². The van der Waals surface area contributed by atoms with E-state index in [1.165, 1.54) is 24.0 Å². The molecule has 5 nitrogen and oxygen atoms in total. The number of β-amino-alcohol motifs (C(OH)–C–C–N with tert-alkyl or cyclic N) is 1. The molecular weight excluding hydrogens is 299 g/mol. The van der Waals surface area contributed by atoms with Gasteiger partial charge in [0, 0.05) is 26.6 Å². The molecule has 23 heavy (non-hydrogen) atoms. The minimum absolute atomic E-state index is 0.0354. The van der Waals surface area contributed by atoms with Gasteiger partial charge < -0.3 is 14.9 Å². The number of hydrogen-bond acceptors (Lipinski definition) is 3. The van der Waals surface area contributed by atoms with Crippen molar-refractivity contribution in [3.63, 3.8) is 0 Å². The van der Waals surface area contributed by atoms with Crippen LogP contribution in [0.5, 0.6) is 0 Å². The molecule has 1 fully saturated rings. The van der Waals surface area contributed by atoms with Gasteiger partial charge in [-0.25, -0.2) is 4.39 Å². The van der Waals surface area contributed by atoms with Crippen molar-refractivity contribution in [3.05, 3.63) is 35.1 Å². The molecule has 0 aromatic heterocycles. The molecule has 2 heterocycles. The lowest BCUT2D eigenvalue weighted by molar-refractivity contribution is -0.160. The summed E-state index contributed by atoms with van der Waals surface area (Å²) in [6, 6.07) is 4.62. The Hall–Kier alpha value is -1.95. The molecule has 6 heteroatoms. The van der Waals surface area contributed by atoms with E-state index in [1.54, 1.807) is 11.0 Å². The van der Waals surface area contributed by atoms with Crippen LogP contribution in [0, 0.1) is 5.82 Å². The monoisotopic (exact) mass is 320 g/mol. The van der Waals surface area contributed by atoms with E-state index in [9.17, 15) is 19.1 Å². The maximum atomic E-state index is 13.4. The van der Waals surface area contributed by atoms with Crippen molar-refractivity contribution in [2.24, 2.45) is 0 Å². The van der Waals surface area contributed by atoms with Gasteiger partial charge in [0.1, 0.15) is 5.82 Å². The molecule has 2 amide bonds. The van der Waals surface area contributed by atoms with Crippen LogP contribution in [0.2, 0.25) is 0 Å². The first-order chi connectivity index (χ1) is 10.9. The van der Waals surface area contributed by atoms with E-state index < -0.39 is 5.60 Å². The van der Waals surface area contributed by atoms with Gasteiger partial charge in [-0.2, -0.15) is 0 Å². The summed E-state index contributed by atoms with van der Waals surface area (Å²) < 4.78 is 13.4. The van der Waals surface area contributed by atoms with Crippen LogP contribution in [0.25, 0.3) is 0 Å². The zero-order valence-corrected chi connectivity index (χ0v) is 13.2. The van der Waals surface area contributed by atoms with E-state index >= 15 is 0 Å². The lowest BCUT2D eigenvalue weighted by Gasteiger charge is -2.41. The molecule has 124 valence electrons. The van der Waals surface area contributed by atoms with Gasteiger partial charge in [0.05, 0.1) is 6.54 Å². The fourth-order valence-corrected chi connectivity index (χ4v) is 3.47. The third kappa shape index (κ3) is 3.08. The average Bonchev–Trinajstić information content (AvgIpc) is 2.53. The van der Waals surface area contributed by atoms with E-state index in [0.717, 1.165) is 11.1 Å². The van der Waals surface area contributed by atoms with Crippen LogP contribution in [0.3, 0.4) is 0 Å². The summed E-state index contributed by atoms with van der Waals surface area (Å²) in [6.07, 6.45) is 1.59. The molecule has 2 aliphatic rings. The molecule has 0 aliphatic carbocycles. The van der Waals surface area contributed by atoms with Crippen molar-refractivity contribution >= 4 is 11.8 Å². The number of halogens is 1. The maximum Gasteiger partial charge on any atom is 0.256 e. The number of fused-ring (bicyclic) bond motifs is 1. The third-order valence-corrected chi connectivity index (χ3v) is 4.78. The zero-order valence-electron chi connectivity index (χ0n) is 13.2. The second kappa shape index (κ2) is 5.92. The largest absolute Gasteiger partial charge is 0.378 e. The number of likely N-dealkylation sites (tertiary alicyclic amines) is 1. The van der Waals surface area contributed by atoms with Gasteiger partial charge in [-0.1, -0.05) is 6.07 Å². The van der Waals surface area contributed by atoms with Gasteiger partial charge in [0.25, 0.3) is 5.91 Å². The normalized spacial score (nSPS) is 24.3. The predicted molar refractivity (Wildman–Crippen MR) is 82.0 cm³/mol. The molecule has 3 rings (SSSR count). The molecule has 2 aliphatic heterocycles. The predicted octanol–water partition coefficient (Wildman–Crippen LogP) is 1.08. The highest BCUT2D eigenvalue weighted by molar-refractivity contribution is 5.86. The molecule has 0 radical (unpaired) electrons. The Bertz CT molecular complexity index is 649. The summed E-state index contributed by atoms with van der Waals surface area (Å²) in [5.74, 6) is -0.822. The second-order valence-electron chi connectivity index (χ2n) is 6.47. The minimum Gasteiger partial charge on any atom is -0.378 e. The van der Waals surface area contributed by atoms with Gasteiger partial charge >= 0.3 is 0 Å². The first-order valence-electron chi connectivity index (χ1n) is 7.94. The Balaban J connectivity index is 1.77. The summed E-state index contributed by atoms with van der Waals surface area (Å²) in [5, 5.41) is 10.8. The van der Waals surface area contributed by atoms with Crippen LogP contribution in [0.15, 0.2) is 18.2 Å². The summed E-state index contributed by atoms with van der Waals surface area (Å²) in [6.45, 7) is 2.84. The third-order valence-electron chi connectivity index (χ3n) is 4.78. The topological polar surface area (TPSA) is 60.9 Å². The number of hydrogen-bond donors (Lipinski definition) is 1. The van der Waals surface area contributed by atoms with Gasteiger partial charge in [-0.05, 0) is 42.5 Å². The molecule has 0 saturated carbocycles. The quantitative estimate of drug-likeness (QED) is 0.842. The molecule has 1 N–H and O–H groups in total. The lowest BCUT2D eigenvalue weighted by Crippen LogP contribution is -2.59. The van der Waals surface area contributed by atoms with E-state index in [4.69, 9.17) is 0 Å². The van der Waals surface area contributed by atoms with Crippen LogP contribution >= 0.6 is 0 Å². The van der Waals surface area contributed by atoms with Crippen molar-refractivity contribution in [1.29, 1.82) is 0 Å². The van der Waals surface area contributed by atoms with E-state index in [2.05, 4.69) is 0 Å². The van der Waals surface area contributed by atoms with Crippen molar-refractivity contribution in [2.45, 2.75) is 38.3 Å². The lowest BCUT2D eigenvalue weighted by atomic mass is 9.89. The maximum absolute atomic E-state index is 13.4. The van der Waals surface area contributed by atoms with Gasteiger partial charge in [-0.3, -0.25) is 9.59 Å². The number of carbonyl (C=O) groups excluding carboxylic acids is 2. The molecular formula is C17H21FN2O3. The average molecular weight is 320 g/mol. The number of rotatable bonds is 1. The Morgan fingerprint density at radius 3 is 2.74 bits per heavy atom. The molecule has 0 spiro atoms. The van der Waals surface area contributed by atoms with Crippen LogP contribution in [-0.2, 0) is 22.6 Å². The fraction of sp³-hybridized carbons (Fsp3) is 0.529.